The van der Waals surface area contributed by atoms with E-state index in [2.05, 4.69) is 0 Å². The number of aliphatic carboxylic acids is 1. The third kappa shape index (κ3) is 3.48. The predicted octanol–water partition coefficient (Wildman–Crippen LogP) is 3.31. The van der Waals surface area contributed by atoms with E-state index in [1.54, 1.807) is 0 Å². The maximum atomic E-state index is 13.3. The first-order valence-electron chi connectivity index (χ1n) is 4.89. The largest absolute Gasteiger partial charge is 0.480 e. The number of benzene rings is 1. The van der Waals surface area contributed by atoms with Gasteiger partial charge in [-0.25, -0.2) is 8.78 Å². The fourth-order valence-corrected chi connectivity index (χ4v) is 2.30. The van der Waals surface area contributed by atoms with Gasteiger partial charge in [0.15, 0.2) is 0 Å². The van der Waals surface area contributed by atoms with Crippen LogP contribution in [0.15, 0.2) is 23.1 Å². The van der Waals surface area contributed by atoms with Gasteiger partial charge in [0.25, 0.3) is 0 Å². The SMILES string of the molecule is CCCC(Sc1ccc(F)cc1F)C(=O)O. The lowest BCUT2D eigenvalue weighted by atomic mass is 10.2. The summed E-state index contributed by atoms with van der Waals surface area (Å²) in [5, 5.41) is 8.20. The van der Waals surface area contributed by atoms with Crippen molar-refractivity contribution in [3.05, 3.63) is 29.8 Å². The molecule has 5 heteroatoms. The topological polar surface area (TPSA) is 37.3 Å². The van der Waals surface area contributed by atoms with Gasteiger partial charge >= 0.3 is 5.97 Å². The first kappa shape index (κ1) is 13.0. The number of carboxylic acid groups (broad SMARTS) is 1. The van der Waals surface area contributed by atoms with Crippen LogP contribution in [0.1, 0.15) is 19.8 Å². The van der Waals surface area contributed by atoms with Crippen molar-refractivity contribution in [2.24, 2.45) is 0 Å². The lowest BCUT2D eigenvalue weighted by molar-refractivity contribution is -0.136. The van der Waals surface area contributed by atoms with Crippen LogP contribution in [0, 0.1) is 11.6 Å². The molecule has 1 aromatic carbocycles. The van der Waals surface area contributed by atoms with Gasteiger partial charge in [0.2, 0.25) is 0 Å². The number of hydrogen-bond acceptors (Lipinski definition) is 2. The Hall–Kier alpha value is -1.10. The van der Waals surface area contributed by atoms with Crippen molar-refractivity contribution in [1.82, 2.24) is 0 Å². The van der Waals surface area contributed by atoms with Crippen LogP contribution in [0.3, 0.4) is 0 Å². The smallest absolute Gasteiger partial charge is 0.316 e. The number of halogens is 2. The van der Waals surface area contributed by atoms with Gasteiger partial charge in [0.1, 0.15) is 16.9 Å². The molecule has 0 spiro atoms. The summed E-state index contributed by atoms with van der Waals surface area (Å²) in [4.78, 5) is 11.0. The highest BCUT2D eigenvalue weighted by molar-refractivity contribution is 8.00. The molecule has 0 saturated carbocycles. The molecule has 88 valence electrons. The Morgan fingerprint density at radius 3 is 2.69 bits per heavy atom. The van der Waals surface area contributed by atoms with Gasteiger partial charge in [0.05, 0.1) is 0 Å². The Labute approximate surface area is 96.7 Å². The van der Waals surface area contributed by atoms with E-state index in [0.29, 0.717) is 12.8 Å². The molecule has 0 fully saturated rings. The van der Waals surface area contributed by atoms with Crippen LogP contribution in [0.25, 0.3) is 0 Å². The number of carbonyl (C=O) groups is 1. The van der Waals surface area contributed by atoms with Gasteiger partial charge in [-0.3, -0.25) is 4.79 Å². The van der Waals surface area contributed by atoms with Crippen molar-refractivity contribution >= 4 is 17.7 Å². The van der Waals surface area contributed by atoms with Crippen molar-refractivity contribution < 1.29 is 18.7 Å². The van der Waals surface area contributed by atoms with E-state index in [1.807, 2.05) is 6.92 Å². The van der Waals surface area contributed by atoms with E-state index in [0.717, 1.165) is 23.9 Å². The highest BCUT2D eigenvalue weighted by Crippen LogP contribution is 2.29. The van der Waals surface area contributed by atoms with Crippen LogP contribution in [0.5, 0.6) is 0 Å². The van der Waals surface area contributed by atoms with Gasteiger partial charge < -0.3 is 5.11 Å². The van der Waals surface area contributed by atoms with Crippen molar-refractivity contribution in [1.29, 1.82) is 0 Å². The summed E-state index contributed by atoms with van der Waals surface area (Å²) < 4.78 is 25.9. The molecule has 1 unspecified atom stereocenters. The zero-order valence-electron chi connectivity index (χ0n) is 8.74. The van der Waals surface area contributed by atoms with Crippen LogP contribution < -0.4 is 0 Å². The minimum absolute atomic E-state index is 0.169. The second-order valence-electron chi connectivity index (χ2n) is 3.31. The zero-order chi connectivity index (χ0) is 12.1. The van der Waals surface area contributed by atoms with Crippen molar-refractivity contribution in [2.75, 3.05) is 0 Å². The molecule has 0 radical (unpaired) electrons. The highest BCUT2D eigenvalue weighted by atomic mass is 32.2. The van der Waals surface area contributed by atoms with Crippen LogP contribution >= 0.6 is 11.8 Å². The summed E-state index contributed by atoms with van der Waals surface area (Å²) in [6.45, 7) is 1.86. The molecule has 0 heterocycles. The van der Waals surface area contributed by atoms with Gasteiger partial charge in [-0.1, -0.05) is 13.3 Å². The molecule has 0 aromatic heterocycles. The zero-order valence-corrected chi connectivity index (χ0v) is 9.56. The molecule has 2 nitrogen and oxygen atoms in total. The quantitative estimate of drug-likeness (QED) is 0.810. The van der Waals surface area contributed by atoms with E-state index in [4.69, 9.17) is 5.11 Å². The standard InChI is InChI=1S/C11H12F2O2S/c1-2-3-10(11(14)15)16-9-5-4-7(12)6-8(9)13/h4-6,10H,2-3H2,1H3,(H,14,15). The van der Waals surface area contributed by atoms with Crippen LogP contribution in [0.2, 0.25) is 0 Å². The molecular formula is C11H12F2O2S. The number of hydrogen-bond donors (Lipinski definition) is 1. The molecule has 16 heavy (non-hydrogen) atoms. The average Bonchev–Trinajstić information content (AvgIpc) is 2.20. The van der Waals surface area contributed by atoms with Gasteiger partial charge in [-0.15, -0.1) is 11.8 Å². The summed E-state index contributed by atoms with van der Waals surface area (Å²) in [7, 11) is 0. The second-order valence-corrected chi connectivity index (χ2v) is 4.55. The molecule has 1 atom stereocenters. The number of rotatable bonds is 5. The number of carboxylic acids is 1. The second kappa shape index (κ2) is 5.84. The number of thioether (sulfide) groups is 1. The molecule has 1 N–H and O–H groups in total. The van der Waals surface area contributed by atoms with Crippen molar-refractivity contribution in [2.45, 2.75) is 29.9 Å². The Morgan fingerprint density at radius 1 is 1.50 bits per heavy atom. The van der Waals surface area contributed by atoms with E-state index in [1.165, 1.54) is 6.07 Å². The monoisotopic (exact) mass is 246 g/mol. The Balaban J connectivity index is 2.81. The van der Waals surface area contributed by atoms with Crippen LogP contribution in [-0.2, 0) is 4.79 Å². The maximum Gasteiger partial charge on any atom is 0.316 e. The molecule has 0 amide bonds. The molecule has 1 aromatic rings. The molecule has 0 aliphatic carbocycles. The summed E-state index contributed by atoms with van der Waals surface area (Å²) in [6.07, 6.45) is 1.16. The Morgan fingerprint density at radius 2 is 2.19 bits per heavy atom. The summed E-state index contributed by atoms with van der Waals surface area (Å²) in [6, 6.07) is 3.14. The Bertz CT molecular complexity index is 382. The molecule has 0 aliphatic rings. The third-order valence-electron chi connectivity index (χ3n) is 1.99. The minimum Gasteiger partial charge on any atom is -0.480 e. The minimum atomic E-state index is -0.976. The van der Waals surface area contributed by atoms with E-state index in [9.17, 15) is 13.6 Å². The first-order valence-corrected chi connectivity index (χ1v) is 5.77. The molecule has 0 saturated heterocycles. The predicted molar refractivity (Wildman–Crippen MR) is 58.5 cm³/mol. The van der Waals surface area contributed by atoms with Crippen LogP contribution in [-0.4, -0.2) is 16.3 Å². The van der Waals surface area contributed by atoms with Crippen molar-refractivity contribution in [3.8, 4) is 0 Å². The third-order valence-corrected chi connectivity index (χ3v) is 3.30. The molecule has 0 bridgehead atoms. The van der Waals surface area contributed by atoms with E-state index < -0.39 is 22.9 Å². The summed E-state index contributed by atoms with van der Waals surface area (Å²) in [5.41, 5.74) is 0. The average molecular weight is 246 g/mol. The van der Waals surface area contributed by atoms with E-state index >= 15 is 0 Å². The fraction of sp³-hybridized carbons (Fsp3) is 0.364. The molecule has 0 aliphatic heterocycles. The highest BCUT2D eigenvalue weighted by Gasteiger charge is 2.19. The molecule has 1 rings (SSSR count). The lowest BCUT2D eigenvalue weighted by Gasteiger charge is -2.11. The fourth-order valence-electron chi connectivity index (χ4n) is 1.22. The van der Waals surface area contributed by atoms with E-state index in [-0.39, 0.29) is 4.90 Å². The lowest BCUT2D eigenvalue weighted by Crippen LogP contribution is -2.15. The van der Waals surface area contributed by atoms with Gasteiger partial charge in [-0.2, -0.15) is 0 Å². The Kier molecular flexibility index (Phi) is 4.73. The van der Waals surface area contributed by atoms with Crippen molar-refractivity contribution in [3.63, 3.8) is 0 Å². The van der Waals surface area contributed by atoms with Gasteiger partial charge in [0, 0.05) is 11.0 Å². The van der Waals surface area contributed by atoms with Gasteiger partial charge in [-0.05, 0) is 18.6 Å². The molecular weight excluding hydrogens is 234 g/mol. The maximum absolute atomic E-state index is 13.3. The van der Waals surface area contributed by atoms with Crippen LogP contribution in [0.4, 0.5) is 8.78 Å². The first-order chi connectivity index (χ1) is 7.54. The summed E-state index contributed by atoms with van der Waals surface area (Å²) >= 11 is 0.916. The normalized spacial score (nSPS) is 12.4. The summed E-state index contributed by atoms with van der Waals surface area (Å²) in [5.74, 6) is -2.35.